The Morgan fingerprint density at radius 3 is 2.74 bits per heavy atom. The molecule has 4 heteroatoms. The average Bonchev–Trinajstić information content (AvgIpc) is 2.44. The van der Waals surface area contributed by atoms with E-state index in [4.69, 9.17) is 17.3 Å². The molecule has 2 rings (SSSR count). The van der Waals surface area contributed by atoms with E-state index in [1.807, 2.05) is 6.07 Å². The molecule has 106 valence electrons. The average molecular weight is 282 g/mol. The Kier molecular flexibility index (Phi) is 5.64. The lowest BCUT2D eigenvalue weighted by Crippen LogP contribution is -2.44. The second-order valence-corrected chi connectivity index (χ2v) is 5.73. The van der Waals surface area contributed by atoms with E-state index in [1.165, 1.54) is 5.56 Å². The van der Waals surface area contributed by atoms with Crippen LogP contribution in [0.15, 0.2) is 18.2 Å². The van der Waals surface area contributed by atoms with Crippen molar-refractivity contribution in [2.75, 3.05) is 39.3 Å². The van der Waals surface area contributed by atoms with Gasteiger partial charge in [-0.2, -0.15) is 0 Å². The zero-order valence-electron chi connectivity index (χ0n) is 11.7. The summed E-state index contributed by atoms with van der Waals surface area (Å²) in [5.41, 5.74) is 8.40. The summed E-state index contributed by atoms with van der Waals surface area (Å²) >= 11 is 6.08. The topological polar surface area (TPSA) is 41.3 Å². The summed E-state index contributed by atoms with van der Waals surface area (Å²) in [5, 5.41) is 4.22. The second-order valence-electron chi connectivity index (χ2n) is 5.32. The monoisotopic (exact) mass is 281 g/mol. The summed E-state index contributed by atoms with van der Waals surface area (Å²) in [6, 6.07) is 6.28. The third-order valence-electron chi connectivity index (χ3n) is 3.94. The number of rotatable bonds is 5. The van der Waals surface area contributed by atoms with Gasteiger partial charge < -0.3 is 16.0 Å². The van der Waals surface area contributed by atoms with Gasteiger partial charge in [0.25, 0.3) is 0 Å². The number of nitrogens with one attached hydrogen (secondary N) is 1. The minimum Gasteiger partial charge on any atom is -0.330 e. The molecule has 0 aliphatic carbocycles. The highest BCUT2D eigenvalue weighted by atomic mass is 35.5. The summed E-state index contributed by atoms with van der Waals surface area (Å²) in [6.07, 6.45) is 1.12. The first-order valence-corrected chi connectivity index (χ1v) is 7.47. The van der Waals surface area contributed by atoms with Crippen LogP contribution in [0.3, 0.4) is 0 Å². The lowest BCUT2D eigenvalue weighted by molar-refractivity contribution is 0.233. The Labute approximate surface area is 121 Å². The number of aryl methyl sites for hydroxylation is 1. The molecule has 1 heterocycles. The van der Waals surface area contributed by atoms with Crippen LogP contribution in [0.4, 0.5) is 0 Å². The van der Waals surface area contributed by atoms with Gasteiger partial charge in [-0.05, 0) is 49.5 Å². The first-order chi connectivity index (χ1) is 9.20. The number of hydrogen-bond donors (Lipinski definition) is 2. The summed E-state index contributed by atoms with van der Waals surface area (Å²) in [4.78, 5) is 2.52. The van der Waals surface area contributed by atoms with Crippen molar-refractivity contribution in [2.24, 2.45) is 5.73 Å². The highest BCUT2D eigenvalue weighted by molar-refractivity contribution is 6.31. The van der Waals surface area contributed by atoms with Crippen LogP contribution in [0.25, 0.3) is 0 Å². The van der Waals surface area contributed by atoms with E-state index in [2.05, 4.69) is 29.3 Å². The van der Waals surface area contributed by atoms with Crippen LogP contribution < -0.4 is 11.1 Å². The van der Waals surface area contributed by atoms with Gasteiger partial charge in [0.2, 0.25) is 0 Å². The molecule has 0 spiro atoms. The van der Waals surface area contributed by atoms with Crippen LogP contribution >= 0.6 is 11.6 Å². The molecule has 1 saturated heterocycles. The molecular weight excluding hydrogens is 258 g/mol. The summed E-state index contributed by atoms with van der Waals surface area (Å²) < 4.78 is 0. The molecule has 1 unspecified atom stereocenters. The van der Waals surface area contributed by atoms with Crippen molar-refractivity contribution in [1.82, 2.24) is 10.2 Å². The van der Waals surface area contributed by atoms with E-state index in [-0.39, 0.29) is 0 Å². The SMILES string of the molecule is Cc1cc(C(CN)CCN2CCNCC2)ccc1Cl. The number of halogens is 1. The number of benzene rings is 1. The fourth-order valence-corrected chi connectivity index (χ4v) is 2.73. The van der Waals surface area contributed by atoms with Gasteiger partial charge in [0.1, 0.15) is 0 Å². The molecular formula is C15H24ClN3. The van der Waals surface area contributed by atoms with Crippen molar-refractivity contribution in [3.8, 4) is 0 Å². The fourth-order valence-electron chi connectivity index (χ4n) is 2.62. The van der Waals surface area contributed by atoms with Crippen LogP contribution in [0.2, 0.25) is 5.02 Å². The third-order valence-corrected chi connectivity index (χ3v) is 4.37. The number of hydrogen-bond acceptors (Lipinski definition) is 3. The molecule has 0 aromatic heterocycles. The maximum absolute atomic E-state index is 6.08. The molecule has 3 nitrogen and oxygen atoms in total. The molecule has 1 aromatic carbocycles. The molecule has 1 aliphatic heterocycles. The van der Waals surface area contributed by atoms with Gasteiger partial charge in [-0.3, -0.25) is 0 Å². The lowest BCUT2D eigenvalue weighted by atomic mass is 9.94. The number of nitrogens with two attached hydrogens (primary N) is 1. The minimum atomic E-state index is 0.436. The first kappa shape index (κ1) is 14.8. The van der Waals surface area contributed by atoms with E-state index in [1.54, 1.807) is 0 Å². The predicted octanol–water partition coefficient (Wildman–Crippen LogP) is 1.99. The molecule has 19 heavy (non-hydrogen) atoms. The van der Waals surface area contributed by atoms with Crippen molar-refractivity contribution in [1.29, 1.82) is 0 Å². The van der Waals surface area contributed by atoms with E-state index >= 15 is 0 Å². The van der Waals surface area contributed by atoms with Crippen molar-refractivity contribution in [3.05, 3.63) is 34.3 Å². The third kappa shape index (κ3) is 4.18. The molecule has 0 amide bonds. The number of piperazine rings is 1. The van der Waals surface area contributed by atoms with Gasteiger partial charge in [0, 0.05) is 31.2 Å². The maximum atomic E-state index is 6.08. The van der Waals surface area contributed by atoms with Crippen molar-refractivity contribution >= 4 is 11.6 Å². The molecule has 1 atom stereocenters. The molecule has 1 fully saturated rings. The maximum Gasteiger partial charge on any atom is 0.0435 e. The predicted molar refractivity (Wildman–Crippen MR) is 81.9 cm³/mol. The highest BCUT2D eigenvalue weighted by Gasteiger charge is 2.14. The smallest absolute Gasteiger partial charge is 0.0435 e. The van der Waals surface area contributed by atoms with Crippen LogP contribution in [-0.4, -0.2) is 44.2 Å². The molecule has 3 N–H and O–H groups in total. The van der Waals surface area contributed by atoms with Crippen molar-refractivity contribution in [2.45, 2.75) is 19.3 Å². The second kappa shape index (κ2) is 7.25. The van der Waals surface area contributed by atoms with E-state index in [0.717, 1.165) is 49.7 Å². The Balaban J connectivity index is 1.93. The highest BCUT2D eigenvalue weighted by Crippen LogP contribution is 2.24. The molecule has 0 radical (unpaired) electrons. The van der Waals surface area contributed by atoms with E-state index in [0.29, 0.717) is 12.5 Å². The van der Waals surface area contributed by atoms with Gasteiger partial charge in [-0.1, -0.05) is 23.7 Å². The van der Waals surface area contributed by atoms with E-state index < -0.39 is 0 Å². The van der Waals surface area contributed by atoms with Gasteiger partial charge in [0.15, 0.2) is 0 Å². The molecule has 0 bridgehead atoms. The standard InChI is InChI=1S/C15H24ClN3/c1-12-10-13(2-3-15(12)16)14(11-17)4-7-19-8-5-18-6-9-19/h2-3,10,14,18H,4-9,11,17H2,1H3. The molecule has 0 saturated carbocycles. The summed E-state index contributed by atoms with van der Waals surface area (Å²) in [6.45, 7) is 8.39. The van der Waals surface area contributed by atoms with Gasteiger partial charge in [-0.15, -0.1) is 0 Å². The van der Waals surface area contributed by atoms with Gasteiger partial charge in [-0.25, -0.2) is 0 Å². The fraction of sp³-hybridized carbons (Fsp3) is 0.600. The minimum absolute atomic E-state index is 0.436. The molecule has 1 aliphatic rings. The Morgan fingerprint density at radius 2 is 2.11 bits per heavy atom. The summed E-state index contributed by atoms with van der Waals surface area (Å²) in [7, 11) is 0. The van der Waals surface area contributed by atoms with Gasteiger partial charge in [0.05, 0.1) is 0 Å². The molecule has 1 aromatic rings. The van der Waals surface area contributed by atoms with E-state index in [9.17, 15) is 0 Å². The number of nitrogens with zero attached hydrogens (tertiary/aromatic N) is 1. The summed E-state index contributed by atoms with van der Waals surface area (Å²) in [5.74, 6) is 0.436. The first-order valence-electron chi connectivity index (χ1n) is 7.10. The van der Waals surface area contributed by atoms with Crippen LogP contribution in [-0.2, 0) is 0 Å². The van der Waals surface area contributed by atoms with Crippen LogP contribution in [0, 0.1) is 6.92 Å². The van der Waals surface area contributed by atoms with Gasteiger partial charge >= 0.3 is 0 Å². The zero-order chi connectivity index (χ0) is 13.7. The van der Waals surface area contributed by atoms with Crippen LogP contribution in [0.5, 0.6) is 0 Å². The quantitative estimate of drug-likeness (QED) is 0.867. The normalized spacial score (nSPS) is 18.5. The van der Waals surface area contributed by atoms with Crippen LogP contribution in [0.1, 0.15) is 23.5 Å². The largest absolute Gasteiger partial charge is 0.330 e. The van der Waals surface area contributed by atoms with Crippen molar-refractivity contribution < 1.29 is 0 Å². The Bertz CT molecular complexity index is 402. The zero-order valence-corrected chi connectivity index (χ0v) is 12.4. The Morgan fingerprint density at radius 1 is 1.37 bits per heavy atom. The Hall–Kier alpha value is -0.610. The lowest BCUT2D eigenvalue weighted by Gasteiger charge is -2.28. The van der Waals surface area contributed by atoms with Crippen molar-refractivity contribution in [3.63, 3.8) is 0 Å².